The highest BCUT2D eigenvalue weighted by Crippen LogP contribution is 2.30. The summed E-state index contributed by atoms with van der Waals surface area (Å²) in [6.45, 7) is 2.18. The average Bonchev–Trinajstić information content (AvgIpc) is 2.48. The Balaban J connectivity index is 2.12. The van der Waals surface area contributed by atoms with Gasteiger partial charge in [-0.15, -0.1) is 0 Å². The van der Waals surface area contributed by atoms with Gasteiger partial charge in [0.1, 0.15) is 0 Å². The van der Waals surface area contributed by atoms with E-state index in [4.69, 9.17) is 0 Å². The Kier molecular flexibility index (Phi) is 2.13. The van der Waals surface area contributed by atoms with Crippen molar-refractivity contribution in [1.82, 2.24) is 4.98 Å². The van der Waals surface area contributed by atoms with Crippen LogP contribution in [0.5, 0.6) is 0 Å². The molecule has 3 rings (SSSR count). The number of nitrogens with one attached hydrogen (secondary N) is 1. The maximum absolute atomic E-state index is 4.18. The fourth-order valence-electron chi connectivity index (χ4n) is 2.30. The van der Waals surface area contributed by atoms with E-state index in [1.807, 2.05) is 18.5 Å². The first-order valence-corrected chi connectivity index (χ1v) is 5.63. The first-order valence-electron chi connectivity index (χ1n) is 5.63. The monoisotopic (exact) mass is 210 g/mol. The summed E-state index contributed by atoms with van der Waals surface area (Å²) in [6.07, 6.45) is 5.96. The smallest absolute Gasteiger partial charge is 0.0447 e. The van der Waals surface area contributed by atoms with Crippen LogP contribution in [0.1, 0.15) is 16.7 Å². The van der Waals surface area contributed by atoms with Gasteiger partial charge in [-0.05, 0) is 48.6 Å². The number of hydrogen-bond donors (Lipinski definition) is 1. The quantitative estimate of drug-likeness (QED) is 0.722. The summed E-state index contributed by atoms with van der Waals surface area (Å²) < 4.78 is 0. The molecule has 0 unspecified atom stereocenters. The Morgan fingerprint density at radius 3 is 3.00 bits per heavy atom. The molecule has 0 bridgehead atoms. The van der Waals surface area contributed by atoms with E-state index < -0.39 is 0 Å². The van der Waals surface area contributed by atoms with Crippen molar-refractivity contribution in [1.29, 1.82) is 0 Å². The molecule has 16 heavy (non-hydrogen) atoms. The molecule has 1 aromatic heterocycles. The van der Waals surface area contributed by atoms with Gasteiger partial charge in [-0.2, -0.15) is 0 Å². The summed E-state index contributed by atoms with van der Waals surface area (Å²) in [6, 6.07) is 8.48. The summed E-state index contributed by atoms with van der Waals surface area (Å²) in [7, 11) is 0. The number of rotatable bonds is 0. The van der Waals surface area contributed by atoms with Gasteiger partial charge in [0.25, 0.3) is 0 Å². The van der Waals surface area contributed by atoms with Crippen LogP contribution in [-0.4, -0.2) is 4.98 Å². The van der Waals surface area contributed by atoms with E-state index in [-0.39, 0.29) is 0 Å². The summed E-state index contributed by atoms with van der Waals surface area (Å²) in [5.74, 6) is 0. The summed E-state index contributed by atoms with van der Waals surface area (Å²) >= 11 is 0. The van der Waals surface area contributed by atoms with Crippen molar-refractivity contribution in [3.05, 3.63) is 53.3 Å². The molecule has 0 atom stereocenters. The molecule has 0 saturated carbocycles. The van der Waals surface area contributed by atoms with Gasteiger partial charge < -0.3 is 5.32 Å². The van der Waals surface area contributed by atoms with Crippen LogP contribution >= 0.6 is 0 Å². The van der Waals surface area contributed by atoms with Gasteiger partial charge in [0.15, 0.2) is 0 Å². The largest absolute Gasteiger partial charge is 0.355 e. The van der Waals surface area contributed by atoms with Crippen LogP contribution in [-0.2, 0) is 12.8 Å². The van der Waals surface area contributed by atoms with Crippen LogP contribution in [0.15, 0.2) is 36.7 Å². The van der Waals surface area contributed by atoms with Gasteiger partial charge in [-0.3, -0.25) is 4.98 Å². The Morgan fingerprint density at radius 1 is 1.12 bits per heavy atom. The molecule has 2 aromatic rings. The number of aryl methyl sites for hydroxylation is 2. The van der Waals surface area contributed by atoms with Gasteiger partial charge in [0.05, 0.1) is 0 Å². The second-order valence-corrected chi connectivity index (χ2v) is 4.26. The first kappa shape index (κ1) is 9.40. The van der Waals surface area contributed by atoms with Gasteiger partial charge >= 0.3 is 0 Å². The Labute approximate surface area is 95.3 Å². The second kappa shape index (κ2) is 3.63. The lowest BCUT2D eigenvalue weighted by Gasteiger charge is -2.10. The maximum atomic E-state index is 4.18. The van der Waals surface area contributed by atoms with Gasteiger partial charge in [0.2, 0.25) is 0 Å². The predicted molar refractivity (Wildman–Crippen MR) is 66.1 cm³/mol. The van der Waals surface area contributed by atoms with E-state index in [0.29, 0.717) is 0 Å². The number of pyridine rings is 1. The molecule has 0 amide bonds. The molecular weight excluding hydrogens is 196 g/mol. The first-order chi connectivity index (χ1) is 7.84. The molecule has 0 spiro atoms. The topological polar surface area (TPSA) is 24.9 Å². The zero-order valence-electron chi connectivity index (χ0n) is 9.33. The zero-order chi connectivity index (χ0) is 11.0. The van der Waals surface area contributed by atoms with Crippen molar-refractivity contribution >= 4 is 11.4 Å². The van der Waals surface area contributed by atoms with Crippen LogP contribution in [0.4, 0.5) is 11.4 Å². The number of nitrogens with zero attached hydrogens (tertiary/aromatic N) is 1. The molecule has 1 aromatic carbocycles. The molecule has 2 heteroatoms. The molecule has 1 N–H and O–H groups in total. The number of hydrogen-bond acceptors (Lipinski definition) is 2. The average molecular weight is 210 g/mol. The molecule has 0 fully saturated rings. The second-order valence-electron chi connectivity index (χ2n) is 4.26. The minimum atomic E-state index is 1.06. The Morgan fingerprint density at radius 2 is 2.06 bits per heavy atom. The van der Waals surface area contributed by atoms with Crippen molar-refractivity contribution < 1.29 is 0 Å². The van der Waals surface area contributed by atoms with Crippen molar-refractivity contribution in [2.45, 2.75) is 19.8 Å². The fourth-order valence-corrected chi connectivity index (χ4v) is 2.30. The summed E-state index contributed by atoms with van der Waals surface area (Å²) in [4.78, 5) is 4.18. The predicted octanol–water partition coefficient (Wildman–Crippen LogP) is 3.23. The molecule has 80 valence electrons. The fraction of sp³-hybridized carbons (Fsp3) is 0.214. The molecule has 1 aliphatic heterocycles. The van der Waals surface area contributed by atoms with E-state index in [2.05, 4.69) is 35.4 Å². The van der Waals surface area contributed by atoms with Crippen LogP contribution in [0.25, 0.3) is 0 Å². The van der Waals surface area contributed by atoms with Crippen LogP contribution in [0, 0.1) is 6.92 Å². The summed E-state index contributed by atoms with van der Waals surface area (Å²) in [5, 5.41) is 3.50. The molecular formula is C14H14N2. The lowest BCUT2D eigenvalue weighted by atomic mass is 10.0. The van der Waals surface area contributed by atoms with E-state index >= 15 is 0 Å². The Bertz CT molecular complexity index is 532. The number of anilines is 2. The minimum absolute atomic E-state index is 1.06. The van der Waals surface area contributed by atoms with E-state index in [9.17, 15) is 0 Å². The van der Waals surface area contributed by atoms with E-state index in [1.54, 1.807) is 0 Å². The molecule has 2 nitrogen and oxygen atoms in total. The third kappa shape index (κ3) is 1.47. The third-order valence-electron chi connectivity index (χ3n) is 3.23. The lowest BCUT2D eigenvalue weighted by Crippen LogP contribution is -1.95. The number of fused-ring (bicyclic) bond motifs is 2. The van der Waals surface area contributed by atoms with Gasteiger partial charge in [0, 0.05) is 23.8 Å². The minimum Gasteiger partial charge on any atom is -0.355 e. The van der Waals surface area contributed by atoms with Crippen molar-refractivity contribution in [2.24, 2.45) is 0 Å². The molecule has 0 saturated heterocycles. The van der Waals surface area contributed by atoms with Crippen LogP contribution < -0.4 is 5.32 Å². The molecule has 0 aliphatic carbocycles. The van der Waals surface area contributed by atoms with Crippen molar-refractivity contribution in [3.8, 4) is 0 Å². The highest BCUT2D eigenvalue weighted by Gasteiger charge is 2.13. The SMILES string of the molecule is Cc1cccc2c1CCc1cnccc1N2. The number of aromatic nitrogens is 1. The maximum Gasteiger partial charge on any atom is 0.0447 e. The standard InChI is InChI=1S/C14H14N2/c1-10-3-2-4-14-12(10)6-5-11-9-15-8-7-13(11)16-14/h2-4,7-9,16H,5-6H2,1H3. The zero-order valence-corrected chi connectivity index (χ0v) is 9.33. The highest BCUT2D eigenvalue weighted by atomic mass is 14.9. The van der Waals surface area contributed by atoms with Crippen molar-refractivity contribution in [2.75, 3.05) is 5.32 Å². The normalized spacial score (nSPS) is 13.3. The van der Waals surface area contributed by atoms with Crippen LogP contribution in [0.3, 0.4) is 0 Å². The van der Waals surface area contributed by atoms with E-state index in [1.165, 1.54) is 28.1 Å². The third-order valence-corrected chi connectivity index (χ3v) is 3.23. The lowest BCUT2D eigenvalue weighted by molar-refractivity contribution is 0.957. The van der Waals surface area contributed by atoms with Crippen molar-refractivity contribution in [3.63, 3.8) is 0 Å². The van der Waals surface area contributed by atoms with Gasteiger partial charge in [-0.1, -0.05) is 12.1 Å². The molecule has 2 heterocycles. The number of benzene rings is 1. The Hall–Kier alpha value is -1.83. The summed E-state index contributed by atoms with van der Waals surface area (Å²) in [5.41, 5.74) is 6.53. The van der Waals surface area contributed by atoms with Crippen LogP contribution in [0.2, 0.25) is 0 Å². The molecule has 1 aliphatic rings. The van der Waals surface area contributed by atoms with E-state index in [0.717, 1.165) is 12.8 Å². The molecule has 0 radical (unpaired) electrons. The highest BCUT2D eigenvalue weighted by molar-refractivity contribution is 5.68. The van der Waals surface area contributed by atoms with Gasteiger partial charge in [-0.25, -0.2) is 0 Å².